The minimum atomic E-state index is 0.179. The number of hydrogen-bond donors (Lipinski definition) is 0. The van der Waals surface area contributed by atoms with Crippen molar-refractivity contribution >= 4 is 38.7 Å². The predicted octanol–water partition coefficient (Wildman–Crippen LogP) is 3.82. The molecule has 4 aromatic heterocycles. The second-order valence-electron chi connectivity index (χ2n) is 8.16. The molecule has 2 atom stereocenters. The van der Waals surface area contributed by atoms with E-state index in [9.17, 15) is 4.79 Å². The van der Waals surface area contributed by atoms with Crippen LogP contribution in [0.4, 0.5) is 0 Å². The largest absolute Gasteiger partial charge is 0.458 e. The van der Waals surface area contributed by atoms with Crippen LogP contribution in [0.25, 0.3) is 21.4 Å². The molecule has 1 amide bonds. The fraction of sp³-hybridized carbons (Fsp3) is 0.364. The van der Waals surface area contributed by atoms with Gasteiger partial charge in [0.05, 0.1) is 17.4 Å². The first-order valence-corrected chi connectivity index (χ1v) is 11.2. The zero-order chi connectivity index (χ0) is 20.9. The van der Waals surface area contributed by atoms with Crippen LogP contribution in [0.15, 0.2) is 41.1 Å². The van der Waals surface area contributed by atoms with Gasteiger partial charge in [0, 0.05) is 50.4 Å². The molecule has 31 heavy (non-hydrogen) atoms. The molecule has 8 nitrogen and oxygen atoms in total. The number of amides is 1. The van der Waals surface area contributed by atoms with Crippen LogP contribution in [-0.4, -0.2) is 55.8 Å². The van der Waals surface area contributed by atoms with Crippen molar-refractivity contribution in [1.29, 1.82) is 0 Å². The molecule has 3 aliphatic heterocycles. The van der Waals surface area contributed by atoms with Crippen molar-refractivity contribution < 1.29 is 13.9 Å². The van der Waals surface area contributed by atoms with E-state index in [1.54, 1.807) is 19.3 Å². The molecule has 0 saturated carbocycles. The molecular formula is C22H21N5O3S. The maximum absolute atomic E-state index is 11.8. The van der Waals surface area contributed by atoms with Crippen LogP contribution in [-0.2, 0) is 11.3 Å². The van der Waals surface area contributed by atoms with E-state index < -0.39 is 0 Å². The number of rotatable bonds is 4. The molecule has 0 unspecified atom stereocenters. The molecule has 3 fully saturated rings. The summed E-state index contributed by atoms with van der Waals surface area (Å²) in [5.41, 5.74) is 2.18. The summed E-state index contributed by atoms with van der Waals surface area (Å²) in [5, 5.41) is 0.529. The smallest absolute Gasteiger partial charge is 0.281 e. The molecule has 0 radical (unpaired) electrons. The minimum Gasteiger partial charge on any atom is -0.458 e. The maximum Gasteiger partial charge on any atom is 0.281 e. The molecule has 2 bridgehead atoms. The highest BCUT2D eigenvalue weighted by molar-refractivity contribution is 7.20. The van der Waals surface area contributed by atoms with Crippen molar-refractivity contribution in [3.05, 3.63) is 42.4 Å². The van der Waals surface area contributed by atoms with E-state index in [-0.39, 0.29) is 5.91 Å². The van der Waals surface area contributed by atoms with Gasteiger partial charge in [0.15, 0.2) is 17.0 Å². The van der Waals surface area contributed by atoms with Crippen molar-refractivity contribution in [2.75, 3.05) is 13.1 Å². The van der Waals surface area contributed by atoms with E-state index in [1.807, 2.05) is 29.2 Å². The van der Waals surface area contributed by atoms with Crippen molar-refractivity contribution in [3.8, 4) is 10.9 Å². The van der Waals surface area contributed by atoms with E-state index in [0.717, 1.165) is 48.5 Å². The van der Waals surface area contributed by atoms with Crippen molar-refractivity contribution in [3.63, 3.8) is 0 Å². The van der Waals surface area contributed by atoms with Gasteiger partial charge in [-0.15, -0.1) is 0 Å². The molecule has 158 valence electrons. The number of aromatic nitrogens is 3. The van der Waals surface area contributed by atoms with E-state index in [0.29, 0.717) is 34.3 Å². The lowest BCUT2D eigenvalue weighted by Crippen LogP contribution is -2.63. The number of furan rings is 1. The monoisotopic (exact) mass is 435 g/mol. The summed E-state index contributed by atoms with van der Waals surface area (Å²) in [5.74, 6) is 1.64. The molecule has 0 aromatic carbocycles. The van der Waals surface area contributed by atoms with Crippen molar-refractivity contribution in [2.45, 2.75) is 38.4 Å². The molecule has 7 heterocycles. The number of piperazine rings is 1. The summed E-state index contributed by atoms with van der Waals surface area (Å²) < 4.78 is 13.0. The Morgan fingerprint density at radius 1 is 1.26 bits per heavy atom. The lowest BCUT2D eigenvalue weighted by Gasteiger charge is -2.51. The van der Waals surface area contributed by atoms with E-state index in [2.05, 4.69) is 19.9 Å². The van der Waals surface area contributed by atoms with Crippen LogP contribution in [0.1, 0.15) is 25.5 Å². The van der Waals surface area contributed by atoms with Crippen molar-refractivity contribution in [1.82, 2.24) is 24.8 Å². The Hall–Kier alpha value is -3.04. The van der Waals surface area contributed by atoms with Gasteiger partial charge in [0.2, 0.25) is 5.91 Å². The number of ether oxygens (including phenoxy) is 1. The number of fused-ring (bicyclic) bond motifs is 5. The number of piperidine rings is 2. The molecule has 0 N–H and O–H groups in total. The first-order chi connectivity index (χ1) is 15.1. The SMILES string of the molecule is CC(=O)N1C[C@@H]2CC[C@H]1CN2Cc1cc2ncc(Oc3nc4ncccc4s3)cc2o1. The van der Waals surface area contributed by atoms with Gasteiger partial charge in [-0.2, -0.15) is 4.98 Å². The van der Waals surface area contributed by atoms with Crippen LogP contribution in [0.2, 0.25) is 0 Å². The van der Waals surface area contributed by atoms with Gasteiger partial charge in [-0.25, -0.2) is 9.97 Å². The molecular weight excluding hydrogens is 414 g/mol. The summed E-state index contributed by atoms with van der Waals surface area (Å²) in [7, 11) is 0. The zero-order valence-electron chi connectivity index (χ0n) is 17.0. The van der Waals surface area contributed by atoms with Gasteiger partial charge in [0.25, 0.3) is 5.19 Å². The third kappa shape index (κ3) is 3.43. The van der Waals surface area contributed by atoms with Crippen LogP contribution in [0.3, 0.4) is 0 Å². The van der Waals surface area contributed by atoms with E-state index in [4.69, 9.17) is 9.15 Å². The molecule has 4 aromatic rings. The maximum atomic E-state index is 11.8. The predicted molar refractivity (Wildman–Crippen MR) is 116 cm³/mol. The van der Waals surface area contributed by atoms with Gasteiger partial charge in [-0.3, -0.25) is 9.69 Å². The fourth-order valence-corrected chi connectivity index (χ4v) is 5.47. The Kier molecular flexibility index (Phi) is 4.39. The number of nitrogens with zero attached hydrogens (tertiary/aromatic N) is 5. The van der Waals surface area contributed by atoms with Gasteiger partial charge in [0.1, 0.15) is 11.3 Å². The highest BCUT2D eigenvalue weighted by Crippen LogP contribution is 2.33. The van der Waals surface area contributed by atoms with Gasteiger partial charge < -0.3 is 14.1 Å². The number of thiazole rings is 1. The summed E-state index contributed by atoms with van der Waals surface area (Å²) >= 11 is 1.45. The molecule has 0 aliphatic carbocycles. The Morgan fingerprint density at radius 3 is 2.97 bits per heavy atom. The topological polar surface area (TPSA) is 84.6 Å². The van der Waals surface area contributed by atoms with Gasteiger partial charge >= 0.3 is 0 Å². The summed E-state index contributed by atoms with van der Waals surface area (Å²) in [4.78, 5) is 29.4. The summed E-state index contributed by atoms with van der Waals surface area (Å²) in [6.07, 6.45) is 5.62. The molecule has 3 saturated heterocycles. The number of carbonyl (C=O) groups excluding carboxylic acids is 1. The zero-order valence-corrected chi connectivity index (χ0v) is 17.8. The first-order valence-electron chi connectivity index (χ1n) is 10.4. The van der Waals surface area contributed by atoms with E-state index >= 15 is 0 Å². The van der Waals surface area contributed by atoms with Crippen LogP contribution in [0.5, 0.6) is 10.9 Å². The lowest BCUT2D eigenvalue weighted by molar-refractivity contribution is -0.139. The third-order valence-corrected chi connectivity index (χ3v) is 7.04. The Bertz CT molecular complexity index is 1250. The second-order valence-corrected chi connectivity index (χ2v) is 9.15. The number of carbonyl (C=O) groups is 1. The van der Waals surface area contributed by atoms with Gasteiger partial charge in [-0.05, 0) is 25.0 Å². The Morgan fingerprint density at radius 2 is 2.16 bits per heavy atom. The van der Waals surface area contributed by atoms with Crippen LogP contribution >= 0.6 is 11.3 Å². The highest BCUT2D eigenvalue weighted by Gasteiger charge is 2.40. The average molecular weight is 436 g/mol. The van der Waals surface area contributed by atoms with E-state index in [1.165, 1.54) is 11.3 Å². The molecule has 3 aliphatic rings. The summed E-state index contributed by atoms with van der Waals surface area (Å²) in [6, 6.07) is 8.40. The van der Waals surface area contributed by atoms with Gasteiger partial charge in [-0.1, -0.05) is 11.3 Å². The number of pyridine rings is 2. The minimum absolute atomic E-state index is 0.179. The summed E-state index contributed by atoms with van der Waals surface area (Å²) in [6.45, 7) is 4.10. The Labute approximate surface area is 182 Å². The second kappa shape index (κ2) is 7.28. The highest BCUT2D eigenvalue weighted by atomic mass is 32.1. The standard InChI is InChI=1S/C22H21N5O3S/c1-13(28)27-11-14-4-5-15(27)10-26(14)12-17-7-18-19(29-17)8-16(9-24-18)30-22-25-21-20(31-22)3-2-6-23-21/h2-3,6-9,14-15H,4-5,10-12H2,1H3/t14-,15-/m0/s1. The molecule has 0 spiro atoms. The average Bonchev–Trinajstić information content (AvgIpc) is 3.36. The number of hydrogen-bond acceptors (Lipinski definition) is 8. The first kappa shape index (κ1) is 18.7. The van der Waals surface area contributed by atoms with Crippen LogP contribution < -0.4 is 4.74 Å². The fourth-order valence-electron chi connectivity index (χ4n) is 4.67. The normalized spacial score (nSPS) is 21.3. The van der Waals surface area contributed by atoms with Crippen LogP contribution in [0, 0.1) is 0 Å². The quantitative estimate of drug-likeness (QED) is 0.482. The Balaban J connectivity index is 1.19. The lowest BCUT2D eigenvalue weighted by atomic mass is 9.90. The molecule has 9 heteroatoms. The van der Waals surface area contributed by atoms with Crippen molar-refractivity contribution in [2.24, 2.45) is 0 Å². The third-order valence-electron chi connectivity index (χ3n) is 6.15. The molecule has 7 rings (SSSR count).